The number of fused-ring (bicyclic) bond motifs is 2. The lowest BCUT2D eigenvalue weighted by molar-refractivity contribution is -0.146. The second kappa shape index (κ2) is 9.64. The van der Waals surface area contributed by atoms with Crippen LogP contribution < -0.4 is 10.2 Å². The lowest BCUT2D eigenvalue weighted by atomic mass is 10.2. The first-order valence-electron chi connectivity index (χ1n) is 9.74. The molecule has 1 N–H and O–H groups in total. The van der Waals surface area contributed by atoms with Gasteiger partial charge in [-0.3, -0.25) is 19.3 Å². The molecule has 0 atom stereocenters. The van der Waals surface area contributed by atoms with E-state index in [-0.39, 0.29) is 6.54 Å². The molecule has 4 aromatic rings. The topological polar surface area (TPSA) is 88.6 Å². The Morgan fingerprint density at radius 2 is 1.78 bits per heavy atom. The van der Waals surface area contributed by atoms with Gasteiger partial charge in [0, 0.05) is 16.6 Å². The number of nitrogens with zero attached hydrogens (tertiary/aromatic N) is 2. The number of para-hydroxylation sites is 1. The van der Waals surface area contributed by atoms with Gasteiger partial charge in [-0.1, -0.05) is 53.3 Å². The average Bonchev–Trinajstić information content (AvgIpc) is 3.38. The third kappa shape index (κ3) is 4.59. The minimum Gasteiger partial charge on any atom is -0.454 e. The van der Waals surface area contributed by atoms with Crippen LogP contribution in [0.5, 0.6) is 0 Å². The van der Waals surface area contributed by atoms with Gasteiger partial charge in [-0.15, -0.1) is 11.3 Å². The summed E-state index contributed by atoms with van der Waals surface area (Å²) in [6, 6.07) is 15.0. The maximum absolute atomic E-state index is 12.6. The van der Waals surface area contributed by atoms with Gasteiger partial charge in [-0.25, -0.2) is 4.98 Å². The van der Waals surface area contributed by atoms with Crippen LogP contribution in [0.2, 0.25) is 5.02 Å². The molecule has 0 fully saturated rings. The van der Waals surface area contributed by atoms with Crippen molar-refractivity contribution in [3.05, 3.63) is 58.4 Å². The molecule has 0 bridgehead atoms. The summed E-state index contributed by atoms with van der Waals surface area (Å²) >= 11 is 8.92. The van der Waals surface area contributed by atoms with Gasteiger partial charge in [0.05, 0.1) is 15.2 Å². The SMILES string of the molecule is CCN(C(=O)COC(=O)CNC(=O)c1sc2ccccc2c1Cl)c1nc2ccccc2s1. The van der Waals surface area contributed by atoms with Crippen LogP contribution in [0.4, 0.5) is 5.13 Å². The molecule has 10 heteroatoms. The second-order valence-electron chi connectivity index (χ2n) is 6.69. The molecule has 0 spiro atoms. The number of hydrogen-bond acceptors (Lipinski definition) is 7. The fourth-order valence-corrected chi connectivity index (χ4v) is 5.54. The van der Waals surface area contributed by atoms with Crippen LogP contribution in [-0.2, 0) is 14.3 Å². The van der Waals surface area contributed by atoms with Crippen LogP contribution in [0, 0.1) is 0 Å². The van der Waals surface area contributed by atoms with Crippen LogP contribution in [-0.4, -0.2) is 42.5 Å². The number of rotatable bonds is 7. The van der Waals surface area contributed by atoms with Gasteiger partial charge >= 0.3 is 5.97 Å². The van der Waals surface area contributed by atoms with Crippen molar-refractivity contribution in [1.82, 2.24) is 10.3 Å². The van der Waals surface area contributed by atoms with Crippen molar-refractivity contribution in [2.75, 3.05) is 24.6 Å². The van der Waals surface area contributed by atoms with Gasteiger partial charge in [-0.2, -0.15) is 0 Å². The summed E-state index contributed by atoms with van der Waals surface area (Å²) in [7, 11) is 0. The molecule has 0 saturated carbocycles. The zero-order chi connectivity index (χ0) is 22.7. The Bertz CT molecular complexity index is 1280. The van der Waals surface area contributed by atoms with Gasteiger partial charge in [0.25, 0.3) is 11.8 Å². The first kappa shape index (κ1) is 22.2. The Labute approximate surface area is 196 Å². The van der Waals surface area contributed by atoms with Crippen molar-refractivity contribution in [3.63, 3.8) is 0 Å². The lowest BCUT2D eigenvalue weighted by Gasteiger charge is -2.17. The highest BCUT2D eigenvalue weighted by atomic mass is 35.5. The molecule has 7 nitrogen and oxygen atoms in total. The van der Waals surface area contributed by atoms with Crippen molar-refractivity contribution >= 4 is 77.5 Å². The fourth-order valence-electron chi connectivity index (χ4n) is 3.06. The van der Waals surface area contributed by atoms with Gasteiger partial charge < -0.3 is 10.1 Å². The van der Waals surface area contributed by atoms with E-state index in [1.807, 2.05) is 55.5 Å². The first-order chi connectivity index (χ1) is 15.5. The summed E-state index contributed by atoms with van der Waals surface area (Å²) in [5.41, 5.74) is 0.804. The normalized spacial score (nSPS) is 10.9. The van der Waals surface area contributed by atoms with E-state index < -0.39 is 24.4 Å². The van der Waals surface area contributed by atoms with Gasteiger partial charge in [0.15, 0.2) is 11.7 Å². The van der Waals surface area contributed by atoms with Crippen LogP contribution in [0.25, 0.3) is 20.3 Å². The number of anilines is 1. The molecule has 32 heavy (non-hydrogen) atoms. The highest BCUT2D eigenvalue weighted by Crippen LogP contribution is 2.35. The average molecular weight is 488 g/mol. The Balaban J connectivity index is 1.32. The number of halogens is 1. The molecule has 0 aliphatic carbocycles. The van der Waals surface area contributed by atoms with Crippen LogP contribution in [0.1, 0.15) is 16.6 Å². The Morgan fingerprint density at radius 3 is 2.50 bits per heavy atom. The van der Waals surface area contributed by atoms with Crippen molar-refractivity contribution in [2.45, 2.75) is 6.92 Å². The highest BCUT2D eigenvalue weighted by Gasteiger charge is 2.21. The molecule has 2 amide bonds. The quantitative estimate of drug-likeness (QED) is 0.388. The van der Waals surface area contributed by atoms with E-state index in [9.17, 15) is 14.4 Å². The second-order valence-corrected chi connectivity index (χ2v) is 9.13. The standard InChI is InChI=1S/C22H18ClN3O4S2/c1-2-26(22-25-14-8-4-6-10-16(14)32-22)17(27)12-30-18(28)11-24-21(29)20-19(23)13-7-3-5-9-15(13)31-20/h3-10H,2,11-12H2,1H3,(H,24,29). The lowest BCUT2D eigenvalue weighted by Crippen LogP contribution is -2.36. The van der Waals surface area contributed by atoms with Gasteiger partial charge in [-0.05, 0) is 25.1 Å². The minimum atomic E-state index is -0.718. The molecule has 0 aliphatic rings. The number of aromatic nitrogens is 1. The van der Waals surface area contributed by atoms with E-state index >= 15 is 0 Å². The van der Waals surface area contributed by atoms with Crippen LogP contribution >= 0.6 is 34.3 Å². The number of thiophene rings is 1. The molecule has 0 radical (unpaired) electrons. The Kier molecular flexibility index (Phi) is 6.69. The number of thiazole rings is 1. The number of hydrogen-bond donors (Lipinski definition) is 1. The maximum atomic E-state index is 12.6. The van der Waals surface area contributed by atoms with Crippen LogP contribution in [0.3, 0.4) is 0 Å². The summed E-state index contributed by atoms with van der Waals surface area (Å²) in [4.78, 5) is 43.3. The Morgan fingerprint density at radius 1 is 1.06 bits per heavy atom. The summed E-state index contributed by atoms with van der Waals surface area (Å²) in [5.74, 6) is -1.58. The number of likely N-dealkylation sites (N-methyl/N-ethyl adjacent to an activating group) is 1. The number of nitrogens with one attached hydrogen (secondary N) is 1. The Hall–Kier alpha value is -3.01. The number of carbonyl (C=O) groups excluding carboxylic acids is 3. The summed E-state index contributed by atoms with van der Waals surface area (Å²) in [6.07, 6.45) is 0. The van der Waals surface area contributed by atoms with E-state index in [0.29, 0.717) is 21.6 Å². The molecule has 2 aromatic heterocycles. The minimum absolute atomic E-state index is 0.324. The molecule has 2 heterocycles. The van der Waals surface area contributed by atoms with E-state index in [4.69, 9.17) is 16.3 Å². The van der Waals surface area contributed by atoms with Crippen molar-refractivity contribution in [3.8, 4) is 0 Å². The monoisotopic (exact) mass is 487 g/mol. The van der Waals surface area contributed by atoms with Gasteiger partial charge in [0.2, 0.25) is 0 Å². The molecule has 0 saturated heterocycles. The third-order valence-electron chi connectivity index (χ3n) is 4.62. The summed E-state index contributed by atoms with van der Waals surface area (Å²) in [6.45, 7) is 1.39. The fraction of sp³-hybridized carbons (Fsp3) is 0.182. The zero-order valence-electron chi connectivity index (χ0n) is 17.0. The number of ether oxygens (including phenoxy) is 1. The van der Waals surface area contributed by atoms with E-state index in [1.54, 1.807) is 0 Å². The molecule has 0 aliphatic heterocycles. The third-order valence-corrected chi connectivity index (χ3v) is 7.36. The number of benzene rings is 2. The van der Waals surface area contributed by atoms with E-state index in [0.717, 1.165) is 20.3 Å². The molecular formula is C22H18ClN3O4S2. The van der Waals surface area contributed by atoms with Crippen molar-refractivity contribution in [1.29, 1.82) is 0 Å². The highest BCUT2D eigenvalue weighted by molar-refractivity contribution is 7.22. The maximum Gasteiger partial charge on any atom is 0.325 e. The summed E-state index contributed by atoms with van der Waals surface area (Å²) in [5, 5.41) is 4.17. The molecular weight excluding hydrogens is 470 g/mol. The number of carbonyl (C=O) groups is 3. The van der Waals surface area contributed by atoms with E-state index in [1.165, 1.54) is 27.6 Å². The van der Waals surface area contributed by atoms with Crippen LogP contribution in [0.15, 0.2) is 48.5 Å². The van der Waals surface area contributed by atoms with Gasteiger partial charge in [0.1, 0.15) is 11.4 Å². The number of esters is 1. The first-order valence-corrected chi connectivity index (χ1v) is 11.8. The van der Waals surface area contributed by atoms with E-state index in [2.05, 4.69) is 10.3 Å². The van der Waals surface area contributed by atoms with Crippen molar-refractivity contribution in [2.24, 2.45) is 0 Å². The zero-order valence-corrected chi connectivity index (χ0v) is 19.4. The predicted molar refractivity (Wildman–Crippen MR) is 128 cm³/mol. The van der Waals surface area contributed by atoms with Crippen molar-refractivity contribution < 1.29 is 19.1 Å². The molecule has 164 valence electrons. The smallest absolute Gasteiger partial charge is 0.325 e. The molecule has 4 rings (SSSR count). The summed E-state index contributed by atoms with van der Waals surface area (Å²) < 4.78 is 6.91. The predicted octanol–water partition coefficient (Wildman–Crippen LogP) is 4.49. The molecule has 2 aromatic carbocycles. The number of amides is 2. The largest absolute Gasteiger partial charge is 0.454 e. The molecule has 0 unspecified atom stereocenters.